The van der Waals surface area contributed by atoms with E-state index in [-0.39, 0.29) is 95.2 Å². The van der Waals surface area contributed by atoms with Crippen LogP contribution in [-0.2, 0) is 81.5 Å². The summed E-state index contributed by atoms with van der Waals surface area (Å²) in [4.78, 5) is 65.6. The summed E-state index contributed by atoms with van der Waals surface area (Å²) in [5.74, 6) is -2.23. The van der Waals surface area contributed by atoms with Gasteiger partial charge in [0.05, 0.1) is 147 Å². The Kier molecular flexibility index (Phi) is 78.6. The number of hydrogen-bond acceptors (Lipinski definition) is 36. The number of aliphatic hydroxyl groups excluding tert-OH is 13. The van der Waals surface area contributed by atoms with E-state index in [0.717, 1.165) is 51.9 Å². The fourth-order valence-corrected chi connectivity index (χ4v) is 12.9. The van der Waals surface area contributed by atoms with Gasteiger partial charge in [-0.25, -0.2) is 16.8 Å². The second-order valence-corrected chi connectivity index (χ2v) is 44.1. The van der Waals surface area contributed by atoms with Crippen molar-refractivity contribution < 1.29 is 150 Å². The van der Waals surface area contributed by atoms with E-state index in [4.69, 9.17) is 48.1 Å². The Labute approximate surface area is 797 Å². The molecule has 0 aromatic rings. The fourth-order valence-electron chi connectivity index (χ4n) is 11.8. The summed E-state index contributed by atoms with van der Waals surface area (Å²) in [6, 6.07) is -0.902. The number of nitrogens with one attached hydrogen (secondary N) is 8. The number of methoxy groups -OCH3 is 2. The van der Waals surface area contributed by atoms with Crippen LogP contribution in [0.2, 0.25) is 0 Å². The number of aliphatic hydroxyl groups is 13. The van der Waals surface area contributed by atoms with Gasteiger partial charge >= 0.3 is 5.97 Å². The molecule has 1 saturated heterocycles. The lowest BCUT2D eigenvalue weighted by Gasteiger charge is -2.42. The monoisotopic (exact) mass is 1970 g/mol. The highest BCUT2D eigenvalue weighted by Crippen LogP contribution is 2.28. The van der Waals surface area contributed by atoms with E-state index in [1.165, 1.54) is 12.5 Å². The molecule has 1 heterocycles. The lowest BCUT2D eigenvalue weighted by Crippen LogP contribution is -2.53. The average Bonchev–Trinajstić information content (AvgIpc) is 0.851. The molecule has 0 aromatic heterocycles. The van der Waals surface area contributed by atoms with Crippen LogP contribution in [0.1, 0.15) is 216 Å². The molecule has 15 atom stereocenters. The van der Waals surface area contributed by atoms with Crippen molar-refractivity contribution >= 4 is 49.3 Å². The van der Waals surface area contributed by atoms with Crippen molar-refractivity contribution in [1.82, 2.24) is 52.3 Å². The van der Waals surface area contributed by atoms with Gasteiger partial charge in [0.15, 0.2) is 0 Å². The highest BCUT2D eigenvalue weighted by molar-refractivity contribution is 7.90. The van der Waals surface area contributed by atoms with Crippen molar-refractivity contribution in [1.29, 1.82) is 0 Å². The first-order valence-corrected chi connectivity index (χ1v) is 50.8. The number of carboxylic acids is 1. The van der Waals surface area contributed by atoms with Crippen molar-refractivity contribution in [2.24, 2.45) is 11.3 Å². The van der Waals surface area contributed by atoms with Crippen LogP contribution in [-0.4, -0.2) is 450 Å². The zero-order valence-electron chi connectivity index (χ0n) is 85.6. The molecule has 1 aliphatic heterocycles. The minimum absolute atomic E-state index is 0.00465. The predicted molar refractivity (Wildman–Crippen MR) is 514 cm³/mol. The average molecular weight is 1970 g/mol. The largest absolute Gasteiger partial charge is 0.480 e. The maximum atomic E-state index is 12.7. The van der Waals surface area contributed by atoms with Crippen LogP contribution in [0.25, 0.3) is 0 Å². The minimum atomic E-state index is -2.82. The number of aliphatic carboxylic acids is 1. The van der Waals surface area contributed by atoms with Crippen LogP contribution in [0.15, 0.2) is 0 Å². The van der Waals surface area contributed by atoms with Gasteiger partial charge in [-0.3, -0.25) is 39.1 Å². The van der Waals surface area contributed by atoms with Crippen LogP contribution in [0.5, 0.6) is 0 Å². The predicted octanol–water partition coefficient (Wildman–Crippen LogP) is -1.01. The number of nitrogens with zero attached hydrogens (tertiary/aromatic N) is 2. The zero-order valence-corrected chi connectivity index (χ0v) is 87.3. The molecule has 22 N–H and O–H groups in total. The van der Waals surface area contributed by atoms with E-state index in [1.807, 2.05) is 104 Å². The smallest absolute Gasteiger partial charge is 0.320 e. The molecular formula is C90H190N10O31S2. The number of amides is 4. The van der Waals surface area contributed by atoms with Gasteiger partial charge in [0, 0.05) is 145 Å². The first-order valence-electron chi connectivity index (χ1n) is 46.7. The molecule has 4 amide bonds. The number of carboxylic acid groups (broad SMARTS) is 1. The van der Waals surface area contributed by atoms with Crippen molar-refractivity contribution in [3.8, 4) is 0 Å². The molecule has 0 bridgehead atoms. The van der Waals surface area contributed by atoms with Gasteiger partial charge in [0.25, 0.3) is 0 Å². The Hall–Kier alpha value is -3.83. The van der Waals surface area contributed by atoms with E-state index >= 15 is 0 Å². The number of carbonyl (C=O) groups is 5. The number of hydrogen-bond donors (Lipinski definition) is 22. The summed E-state index contributed by atoms with van der Waals surface area (Å²) in [6.45, 7) is 52.8. The van der Waals surface area contributed by atoms with E-state index in [2.05, 4.69) is 80.0 Å². The van der Waals surface area contributed by atoms with Gasteiger partial charge in [-0.15, -0.1) is 0 Å². The third-order valence-corrected chi connectivity index (χ3v) is 21.4. The maximum Gasteiger partial charge on any atom is 0.320 e. The van der Waals surface area contributed by atoms with E-state index in [1.54, 1.807) is 28.1 Å². The van der Waals surface area contributed by atoms with E-state index < -0.39 is 142 Å². The molecule has 1 unspecified atom stereocenters. The molecule has 133 heavy (non-hydrogen) atoms. The molecule has 0 radical (unpaired) electrons. The lowest BCUT2D eigenvalue weighted by molar-refractivity contribution is -0.140. The molecule has 1 rings (SSSR count). The molecule has 0 aliphatic carbocycles. The number of carbonyl (C=O) groups excluding carboxylic acids is 4. The third-order valence-electron chi connectivity index (χ3n) is 19.5. The van der Waals surface area contributed by atoms with Crippen LogP contribution < -0.4 is 42.5 Å². The minimum Gasteiger partial charge on any atom is -0.480 e. The van der Waals surface area contributed by atoms with Crippen molar-refractivity contribution in [2.45, 2.75) is 329 Å². The third kappa shape index (κ3) is 85.8. The Balaban J connectivity index is -0.000000528. The second kappa shape index (κ2) is 76.0. The molecule has 41 nitrogen and oxygen atoms in total. The summed E-state index contributed by atoms with van der Waals surface area (Å²) in [5, 5.41) is 157. The van der Waals surface area contributed by atoms with Gasteiger partial charge in [-0.05, 0) is 148 Å². The van der Waals surface area contributed by atoms with Gasteiger partial charge < -0.3 is 147 Å². The van der Waals surface area contributed by atoms with Crippen molar-refractivity contribution in [3.63, 3.8) is 0 Å². The first kappa shape index (κ1) is 138. The Bertz CT molecular complexity index is 3120. The molecule has 798 valence electrons. The zero-order chi connectivity index (χ0) is 104. The summed E-state index contributed by atoms with van der Waals surface area (Å²) in [7, 11) is -2.37. The van der Waals surface area contributed by atoms with Crippen LogP contribution in [0.4, 0.5) is 0 Å². The number of unbranched alkanes of at least 4 members (excludes halogenated alkanes) is 2. The number of β-amino-alcohol motifs (C(OH)–C–C–N with tert-alkyl or cyclic N) is 1. The first-order chi connectivity index (χ1) is 61.3. The van der Waals surface area contributed by atoms with Crippen LogP contribution >= 0.6 is 0 Å². The summed E-state index contributed by atoms with van der Waals surface area (Å²) >= 11 is 0. The highest BCUT2D eigenvalue weighted by Gasteiger charge is 2.35. The molecule has 0 aromatic carbocycles. The number of rotatable bonds is 64. The van der Waals surface area contributed by atoms with Gasteiger partial charge in [0.1, 0.15) is 68.4 Å². The summed E-state index contributed by atoms with van der Waals surface area (Å²) in [5.41, 5.74) is -0.655. The van der Waals surface area contributed by atoms with Crippen LogP contribution in [0, 0.1) is 11.3 Å². The Morgan fingerprint density at radius 1 is 0.391 bits per heavy atom. The van der Waals surface area contributed by atoms with Gasteiger partial charge in [-0.2, -0.15) is 0 Å². The molecule has 43 heteroatoms. The van der Waals surface area contributed by atoms with Gasteiger partial charge in [0.2, 0.25) is 23.6 Å². The Morgan fingerprint density at radius 3 is 1.13 bits per heavy atom. The molecule has 1 fully saturated rings. The maximum absolute atomic E-state index is 12.7. The number of sulfone groups is 2. The van der Waals surface area contributed by atoms with Crippen molar-refractivity contribution in [3.05, 3.63) is 0 Å². The topological polar surface area (TPSA) is 613 Å². The summed E-state index contributed by atoms with van der Waals surface area (Å²) in [6.07, 6.45) is -9.77. The molecule has 0 spiro atoms. The number of ether oxygens (including phenoxy) is 8. The molecular weight excluding hydrogens is 1780 g/mol. The standard InChI is InChI=1S/C27H55N3O10.C23H46N2O11.C11H24N2O2S.C11H25NO4.C11H23NO2.C7H17NO2S/c1-27(2,3)30-24(26(32)29-9-11-36-17-19-40-23-21-38-15-13-34-5)6-7-25(31)28-8-10-35-16-18-39-22-20-37-14-12-33-4;1-5-13(27)18(32)19(33)14(28)9-24-17(31)7-6-12(8-23(2,3)4)22(36)25-10-15(29)20(34)21(35)16(30)11-26;1-11(2,3)13-7-5-12(6-8-13)9-10-16(4,14)15;1-5-7(13)9(15)10(16)8(14)6-12-11(2,3)4;1-5-6-7-8-9(10(13)14)12-11(2,3)4;1-7(2,3)8-5-6-11(4,9)10/h24,30H,6-23H2,1-5H3,(H,28,31)(H,29,32);12-16,18-21,26-30,32-35H,5-11H2,1-4H3,(H,24,31)(H,25,36);5-10H2,1-4H3;7-10,12-16H,5-6H2,1-4H3;9,12H,5-8H2,1-4H3,(H,13,14);8H,5-6H2,1-4H3/t24-;12?,13-,14+,15+,16-,18-,19-,20-,21-;;7-,8+,9-,10-;9-;/m01.10./s1. The fraction of sp³-hybridized carbons (Fsp3) is 0.944. The van der Waals surface area contributed by atoms with Crippen LogP contribution in [0.3, 0.4) is 0 Å². The molecule has 0 saturated carbocycles. The number of piperazine rings is 1. The highest BCUT2D eigenvalue weighted by atomic mass is 32.2. The van der Waals surface area contributed by atoms with Gasteiger partial charge in [-0.1, -0.05) is 60.8 Å². The second-order valence-electron chi connectivity index (χ2n) is 39.5. The quantitative estimate of drug-likeness (QED) is 0.0325. The van der Waals surface area contributed by atoms with Crippen molar-refractivity contribution in [2.75, 3.05) is 209 Å². The van der Waals surface area contributed by atoms with E-state index in [0.29, 0.717) is 138 Å². The van der Waals surface area contributed by atoms with E-state index in [9.17, 15) is 102 Å². The summed E-state index contributed by atoms with van der Waals surface area (Å²) < 4.78 is 85.6. The SMILES string of the molecule is CC(C)(C)N1CCN(CCS(C)(=O)=O)CC1.CC(C)(C)NCCS(C)(=O)=O.CCCCC[C@H](NC(C)(C)C)C(=O)O.CC[C@@H](O)[C@@H](O)[C@H](O)[C@@H](O)CNC(=O)CCC(CC(C)(C)C)C(=O)NC[C@H](O)[C@@H](O)[C@H](O)[C@H](O)CO.CC[C@@H](O)[C@@H](O)[C@H](O)[C@@H](O)CNC(C)(C)C.COCCOCCOCCOCCNC(=O)CC[C@H](NC(C)(C)C)C(=O)NCCOCCOCCOCCOC. The lowest BCUT2D eigenvalue weighted by atomic mass is 9.82. The molecule has 1 aliphatic rings. The Morgan fingerprint density at radius 2 is 0.759 bits per heavy atom. The normalized spacial score (nSPS) is 16.7.